The molecule has 1 aliphatic carbocycles. The van der Waals surface area contributed by atoms with Crippen LogP contribution in [0.4, 0.5) is 0 Å². The van der Waals surface area contributed by atoms with Gasteiger partial charge in [-0.05, 0) is 6.92 Å². The average Bonchev–Trinajstić information content (AvgIpc) is 3.00. The minimum Gasteiger partial charge on any atom is -0.550 e. The van der Waals surface area contributed by atoms with E-state index in [2.05, 4.69) is 15.0 Å². The topological polar surface area (TPSA) is 148 Å². The summed E-state index contributed by atoms with van der Waals surface area (Å²) in [6, 6.07) is 0. The number of carbonyl (C=O) groups excluding carboxylic acids is 3. The molecule has 0 amide bonds. The van der Waals surface area contributed by atoms with Crippen LogP contribution in [0.2, 0.25) is 0 Å². The molecule has 1 aliphatic heterocycles. The molecule has 10 nitrogen and oxygen atoms in total. The molecule has 1 saturated heterocycles. The number of methoxy groups -OCH3 is 1. The van der Waals surface area contributed by atoms with Crippen LogP contribution in [0.15, 0.2) is 6.20 Å². The Kier molecular flexibility index (Phi) is 5.17. The number of hydrogen-bond donors (Lipinski definition) is 0. The van der Waals surface area contributed by atoms with Gasteiger partial charge >= 0.3 is 35.5 Å². The van der Waals surface area contributed by atoms with Crippen molar-refractivity contribution in [1.29, 1.82) is 0 Å². The zero-order valence-corrected chi connectivity index (χ0v) is 16.6. The zero-order chi connectivity index (χ0) is 17.9. The number of Topliss-reactive ketones (excluding diaryl/α,β-unsaturated/α-hetero) is 1. The number of ether oxygens (including phenoxy) is 1. The van der Waals surface area contributed by atoms with Crippen molar-refractivity contribution in [2.45, 2.75) is 29.9 Å². The molecule has 1 saturated carbocycles. The number of aromatic nitrogens is 3. The Balaban J connectivity index is 0.00000225. The summed E-state index contributed by atoms with van der Waals surface area (Å²) < 4.78 is 29.2. The SMILES string of the molecule is COC(=O)c1cn(C[C@@]2(C)[C@H](C(=O)[O-])C3C(=O)CC3S2(=O)=O)nn1.[Na+]. The van der Waals surface area contributed by atoms with Crippen LogP contribution in [0.3, 0.4) is 0 Å². The second kappa shape index (κ2) is 6.45. The molecule has 1 aromatic rings. The van der Waals surface area contributed by atoms with Crippen LogP contribution < -0.4 is 34.7 Å². The molecule has 4 atom stereocenters. The van der Waals surface area contributed by atoms with E-state index in [4.69, 9.17) is 0 Å². The molecule has 1 aromatic heterocycles. The maximum Gasteiger partial charge on any atom is 1.00 e. The predicted octanol–water partition coefficient (Wildman–Crippen LogP) is -5.42. The van der Waals surface area contributed by atoms with E-state index < -0.39 is 49.4 Å². The molecule has 0 spiro atoms. The average molecular weight is 379 g/mol. The Morgan fingerprint density at radius 2 is 2.12 bits per heavy atom. The van der Waals surface area contributed by atoms with E-state index in [1.54, 1.807) is 0 Å². The molecule has 3 rings (SSSR count). The largest absolute Gasteiger partial charge is 1.00 e. The number of esters is 1. The summed E-state index contributed by atoms with van der Waals surface area (Å²) in [5.41, 5.74) is -0.138. The van der Waals surface area contributed by atoms with E-state index in [0.29, 0.717) is 0 Å². The molecule has 12 heteroatoms. The van der Waals surface area contributed by atoms with E-state index in [9.17, 15) is 27.9 Å². The fraction of sp³-hybridized carbons (Fsp3) is 0.615. The first-order valence-electron chi connectivity index (χ1n) is 7.09. The number of carboxylic acids is 1. The monoisotopic (exact) mass is 379 g/mol. The Morgan fingerprint density at radius 3 is 2.64 bits per heavy atom. The maximum absolute atomic E-state index is 12.7. The van der Waals surface area contributed by atoms with Gasteiger partial charge in [0.1, 0.15) is 5.78 Å². The van der Waals surface area contributed by atoms with Crippen molar-refractivity contribution in [3.63, 3.8) is 0 Å². The molecule has 0 bridgehead atoms. The van der Waals surface area contributed by atoms with E-state index in [1.165, 1.54) is 13.1 Å². The van der Waals surface area contributed by atoms with Gasteiger partial charge in [-0.25, -0.2) is 13.2 Å². The van der Waals surface area contributed by atoms with Crippen molar-refractivity contribution in [3.8, 4) is 0 Å². The Morgan fingerprint density at radius 1 is 1.48 bits per heavy atom. The van der Waals surface area contributed by atoms with Crippen LogP contribution in [0.5, 0.6) is 0 Å². The number of rotatable bonds is 4. The maximum atomic E-state index is 12.7. The number of carbonyl (C=O) groups is 3. The van der Waals surface area contributed by atoms with Crippen molar-refractivity contribution in [1.82, 2.24) is 15.0 Å². The van der Waals surface area contributed by atoms with E-state index in [0.717, 1.165) is 11.8 Å². The predicted molar refractivity (Wildman–Crippen MR) is 74.1 cm³/mol. The van der Waals surface area contributed by atoms with Crippen molar-refractivity contribution < 1.29 is 62.2 Å². The van der Waals surface area contributed by atoms with Crippen LogP contribution >= 0.6 is 0 Å². The molecule has 0 radical (unpaired) electrons. The molecule has 0 aromatic carbocycles. The van der Waals surface area contributed by atoms with Crippen LogP contribution in [0, 0.1) is 11.8 Å². The summed E-state index contributed by atoms with van der Waals surface area (Å²) in [7, 11) is -2.76. The molecule has 2 unspecified atom stereocenters. The summed E-state index contributed by atoms with van der Waals surface area (Å²) in [6.45, 7) is 0.895. The Labute approximate surface area is 165 Å². The summed E-state index contributed by atoms with van der Waals surface area (Å²) in [5, 5.41) is 17.7. The van der Waals surface area contributed by atoms with Gasteiger partial charge in [-0.1, -0.05) is 5.21 Å². The zero-order valence-electron chi connectivity index (χ0n) is 13.8. The molecular weight excluding hydrogens is 365 g/mol. The minimum atomic E-state index is -3.92. The van der Waals surface area contributed by atoms with Crippen molar-refractivity contribution in [3.05, 3.63) is 11.9 Å². The number of nitrogens with zero attached hydrogens (tertiary/aromatic N) is 3. The summed E-state index contributed by atoms with van der Waals surface area (Å²) >= 11 is 0. The van der Waals surface area contributed by atoms with Gasteiger partial charge in [0.05, 0.1) is 29.8 Å². The molecule has 25 heavy (non-hydrogen) atoms. The molecule has 2 aliphatic rings. The van der Waals surface area contributed by atoms with Gasteiger partial charge in [0, 0.05) is 24.2 Å². The second-order valence-electron chi connectivity index (χ2n) is 6.18. The Bertz CT molecular complexity index is 852. The number of sulfone groups is 1. The standard InChI is InChI=1S/C13H15N3O7S.Na/c1-13(5-16-4-6(14-15-16)12(20)23-2)10(11(18)19)9-7(17)3-8(9)24(13,21)22;/h4,8-10H,3,5H2,1-2H3,(H,18,19);/q;+1/p-1/t8?,9?,10-,13-;/m0./s1. The molecule has 2 fully saturated rings. The number of fused-ring (bicyclic) bond motifs is 1. The van der Waals surface area contributed by atoms with Gasteiger partial charge in [-0.2, -0.15) is 0 Å². The van der Waals surface area contributed by atoms with Crippen molar-refractivity contribution >= 4 is 27.6 Å². The summed E-state index contributed by atoms with van der Waals surface area (Å²) in [4.78, 5) is 34.7. The van der Waals surface area contributed by atoms with Crippen molar-refractivity contribution in [2.24, 2.45) is 11.8 Å². The van der Waals surface area contributed by atoms with Crippen LogP contribution in [0.1, 0.15) is 23.8 Å². The Hall–Kier alpha value is -1.30. The first kappa shape index (κ1) is 20.0. The molecular formula is C13H14N3NaO7S. The van der Waals surface area contributed by atoms with Gasteiger partial charge in [0.25, 0.3) is 0 Å². The van der Waals surface area contributed by atoms with Crippen LogP contribution in [-0.2, 0) is 30.7 Å². The molecule has 130 valence electrons. The van der Waals surface area contributed by atoms with Gasteiger partial charge in [0.15, 0.2) is 15.5 Å². The van der Waals surface area contributed by atoms with Crippen LogP contribution in [-0.4, -0.2) is 58.2 Å². The third-order valence-electron chi connectivity index (χ3n) is 4.90. The van der Waals surface area contributed by atoms with Crippen LogP contribution in [0.25, 0.3) is 0 Å². The minimum absolute atomic E-state index is 0. The van der Waals surface area contributed by atoms with Gasteiger partial charge < -0.3 is 14.6 Å². The number of ketones is 1. The second-order valence-corrected chi connectivity index (χ2v) is 8.81. The third-order valence-corrected chi connectivity index (χ3v) is 7.84. The third kappa shape index (κ3) is 2.73. The van der Waals surface area contributed by atoms with Gasteiger partial charge in [-0.15, -0.1) is 5.10 Å². The first-order valence-corrected chi connectivity index (χ1v) is 8.63. The smallest absolute Gasteiger partial charge is 0.550 e. The molecule has 0 N–H and O–H groups in total. The van der Waals surface area contributed by atoms with Gasteiger partial charge in [0.2, 0.25) is 0 Å². The summed E-state index contributed by atoms with van der Waals surface area (Å²) in [6.07, 6.45) is 0.984. The van der Waals surface area contributed by atoms with E-state index in [1.807, 2.05) is 0 Å². The fourth-order valence-electron chi connectivity index (χ4n) is 3.59. The number of carboxylic acid groups (broad SMARTS) is 1. The van der Waals surface area contributed by atoms with E-state index in [-0.39, 0.29) is 48.2 Å². The fourth-order valence-corrected chi connectivity index (χ4v) is 6.27. The quantitative estimate of drug-likeness (QED) is 0.369. The molecule has 2 heterocycles. The van der Waals surface area contributed by atoms with Gasteiger partial charge in [-0.3, -0.25) is 9.48 Å². The van der Waals surface area contributed by atoms with Crippen molar-refractivity contribution in [2.75, 3.05) is 7.11 Å². The number of aliphatic carboxylic acids is 1. The first-order chi connectivity index (χ1) is 11.1. The number of hydrogen-bond acceptors (Lipinski definition) is 9. The summed E-state index contributed by atoms with van der Waals surface area (Å²) in [5.74, 6) is -5.30. The van der Waals surface area contributed by atoms with E-state index >= 15 is 0 Å². The normalized spacial score (nSPS) is 32.2.